The van der Waals surface area contributed by atoms with Gasteiger partial charge in [0.2, 0.25) is 5.91 Å². The van der Waals surface area contributed by atoms with Crippen LogP contribution >= 0.6 is 0 Å². The highest BCUT2D eigenvalue weighted by Crippen LogP contribution is 2.05. The van der Waals surface area contributed by atoms with E-state index in [1.54, 1.807) is 20.8 Å². The summed E-state index contributed by atoms with van der Waals surface area (Å²) in [6.07, 6.45) is 0.566. The van der Waals surface area contributed by atoms with E-state index in [1.165, 1.54) is 0 Å². The molecule has 5 heteroatoms. The largest absolute Gasteiger partial charge is 0.480 e. The molecule has 0 bridgehead atoms. The van der Waals surface area contributed by atoms with Crippen molar-refractivity contribution in [1.82, 2.24) is 5.32 Å². The van der Waals surface area contributed by atoms with Crippen LogP contribution in [-0.4, -0.2) is 29.6 Å². The van der Waals surface area contributed by atoms with Crippen molar-refractivity contribution in [3.8, 4) is 0 Å². The number of hydrogen-bond acceptors (Lipinski definition) is 3. The van der Waals surface area contributed by atoms with Gasteiger partial charge in [0.05, 0.1) is 0 Å². The van der Waals surface area contributed by atoms with Crippen LogP contribution in [0.2, 0.25) is 0 Å². The number of rotatable bonds is 6. The Hall–Kier alpha value is -1.10. The van der Waals surface area contributed by atoms with Crippen molar-refractivity contribution in [2.75, 3.05) is 6.54 Å². The van der Waals surface area contributed by atoms with Crippen LogP contribution in [0, 0.1) is 11.8 Å². The SMILES string of the molecule is CC(CCN)C(=O)N[C@H](C(=O)O)C(C)C. The number of nitrogens with one attached hydrogen (secondary N) is 1. The van der Waals surface area contributed by atoms with Crippen molar-refractivity contribution >= 4 is 11.9 Å². The van der Waals surface area contributed by atoms with E-state index in [4.69, 9.17) is 10.8 Å². The zero-order valence-corrected chi connectivity index (χ0v) is 9.49. The van der Waals surface area contributed by atoms with Crippen molar-refractivity contribution in [3.05, 3.63) is 0 Å². The first-order valence-electron chi connectivity index (χ1n) is 5.13. The van der Waals surface area contributed by atoms with E-state index < -0.39 is 12.0 Å². The molecule has 1 unspecified atom stereocenters. The summed E-state index contributed by atoms with van der Waals surface area (Å²) >= 11 is 0. The van der Waals surface area contributed by atoms with Crippen molar-refractivity contribution < 1.29 is 14.7 Å². The molecule has 2 atom stereocenters. The monoisotopic (exact) mass is 216 g/mol. The quantitative estimate of drug-likeness (QED) is 0.591. The van der Waals surface area contributed by atoms with E-state index in [0.29, 0.717) is 13.0 Å². The number of carboxylic acids is 1. The molecule has 0 saturated carbocycles. The Morgan fingerprint density at radius 2 is 1.87 bits per heavy atom. The van der Waals surface area contributed by atoms with Crippen LogP contribution in [0.15, 0.2) is 0 Å². The van der Waals surface area contributed by atoms with Gasteiger partial charge in [-0.05, 0) is 18.9 Å². The smallest absolute Gasteiger partial charge is 0.326 e. The standard InChI is InChI=1S/C10H20N2O3/c1-6(2)8(10(14)15)12-9(13)7(3)4-5-11/h6-8H,4-5,11H2,1-3H3,(H,12,13)(H,14,15)/t7?,8-/m0/s1. The first-order valence-corrected chi connectivity index (χ1v) is 5.13. The lowest BCUT2D eigenvalue weighted by Gasteiger charge is -2.20. The minimum atomic E-state index is -1.00. The van der Waals surface area contributed by atoms with Crippen LogP contribution in [0.1, 0.15) is 27.2 Å². The van der Waals surface area contributed by atoms with Crippen LogP contribution in [0.4, 0.5) is 0 Å². The maximum Gasteiger partial charge on any atom is 0.326 e. The van der Waals surface area contributed by atoms with Crippen LogP contribution in [0.3, 0.4) is 0 Å². The number of carboxylic acid groups (broad SMARTS) is 1. The molecule has 0 aromatic heterocycles. The molecule has 0 aliphatic carbocycles. The van der Waals surface area contributed by atoms with Gasteiger partial charge in [-0.3, -0.25) is 4.79 Å². The number of carbonyl (C=O) groups is 2. The maximum absolute atomic E-state index is 11.5. The predicted octanol–water partition coefficient (Wildman–Crippen LogP) is 0.197. The number of hydrogen-bond donors (Lipinski definition) is 3. The highest BCUT2D eigenvalue weighted by molar-refractivity contribution is 5.84. The second-order valence-electron chi connectivity index (χ2n) is 4.05. The zero-order chi connectivity index (χ0) is 12.0. The summed E-state index contributed by atoms with van der Waals surface area (Å²) in [5.74, 6) is -1.62. The second-order valence-corrected chi connectivity index (χ2v) is 4.05. The molecule has 4 N–H and O–H groups in total. The van der Waals surface area contributed by atoms with Crippen molar-refractivity contribution in [1.29, 1.82) is 0 Å². The van der Waals surface area contributed by atoms with E-state index in [-0.39, 0.29) is 17.7 Å². The molecule has 0 aromatic carbocycles. The Bertz CT molecular complexity index is 229. The van der Waals surface area contributed by atoms with Crippen molar-refractivity contribution in [2.45, 2.75) is 33.2 Å². The molecular formula is C10H20N2O3. The third-order valence-electron chi connectivity index (χ3n) is 2.28. The molecule has 0 aliphatic rings. The summed E-state index contributed by atoms with van der Waals surface area (Å²) in [7, 11) is 0. The third-order valence-corrected chi connectivity index (χ3v) is 2.28. The van der Waals surface area contributed by atoms with Gasteiger partial charge in [0.1, 0.15) is 6.04 Å². The Morgan fingerprint density at radius 1 is 1.33 bits per heavy atom. The first kappa shape index (κ1) is 13.9. The van der Waals surface area contributed by atoms with Crippen LogP contribution in [0.5, 0.6) is 0 Å². The van der Waals surface area contributed by atoms with Gasteiger partial charge in [0, 0.05) is 5.92 Å². The minimum absolute atomic E-state index is 0.128. The van der Waals surface area contributed by atoms with Crippen LogP contribution in [0.25, 0.3) is 0 Å². The van der Waals surface area contributed by atoms with Crippen LogP contribution < -0.4 is 11.1 Å². The Morgan fingerprint density at radius 3 is 2.20 bits per heavy atom. The molecule has 1 amide bonds. The summed E-state index contributed by atoms with van der Waals surface area (Å²) in [5, 5.41) is 11.4. The summed E-state index contributed by atoms with van der Waals surface area (Å²) in [6, 6.07) is -0.822. The third kappa shape index (κ3) is 4.78. The molecule has 0 fully saturated rings. The highest BCUT2D eigenvalue weighted by atomic mass is 16.4. The lowest BCUT2D eigenvalue weighted by Crippen LogP contribution is -2.46. The average Bonchev–Trinajstić information content (AvgIpc) is 2.12. The summed E-state index contributed by atoms with van der Waals surface area (Å²) in [4.78, 5) is 22.3. The van der Waals surface area contributed by atoms with Crippen molar-refractivity contribution in [3.63, 3.8) is 0 Å². The van der Waals surface area contributed by atoms with Gasteiger partial charge >= 0.3 is 5.97 Å². The van der Waals surface area contributed by atoms with E-state index in [2.05, 4.69) is 5.32 Å². The van der Waals surface area contributed by atoms with Gasteiger partial charge in [-0.25, -0.2) is 4.79 Å². The van der Waals surface area contributed by atoms with Crippen molar-refractivity contribution in [2.24, 2.45) is 17.6 Å². The fourth-order valence-electron chi connectivity index (χ4n) is 1.19. The van der Waals surface area contributed by atoms with E-state index in [1.807, 2.05) is 0 Å². The van der Waals surface area contributed by atoms with Gasteiger partial charge in [-0.15, -0.1) is 0 Å². The molecule has 0 saturated heterocycles. The molecule has 0 heterocycles. The number of nitrogens with two attached hydrogens (primary N) is 1. The predicted molar refractivity (Wildman–Crippen MR) is 57.2 cm³/mol. The lowest BCUT2D eigenvalue weighted by molar-refractivity contribution is -0.143. The van der Waals surface area contributed by atoms with Gasteiger partial charge in [-0.2, -0.15) is 0 Å². The normalized spacial score (nSPS) is 14.7. The number of amides is 1. The molecular weight excluding hydrogens is 196 g/mol. The average molecular weight is 216 g/mol. The Kier molecular flexibility index (Phi) is 5.93. The molecule has 0 radical (unpaired) electrons. The molecule has 15 heavy (non-hydrogen) atoms. The summed E-state index contributed by atoms with van der Waals surface area (Å²) < 4.78 is 0. The van der Waals surface area contributed by atoms with E-state index in [0.717, 1.165) is 0 Å². The van der Waals surface area contributed by atoms with Gasteiger partial charge in [0.15, 0.2) is 0 Å². The molecule has 5 nitrogen and oxygen atoms in total. The fraction of sp³-hybridized carbons (Fsp3) is 0.800. The summed E-state index contributed by atoms with van der Waals surface area (Å²) in [5.41, 5.74) is 5.32. The first-order chi connectivity index (χ1) is 6.90. The van der Waals surface area contributed by atoms with E-state index >= 15 is 0 Å². The molecule has 88 valence electrons. The van der Waals surface area contributed by atoms with Gasteiger partial charge in [0.25, 0.3) is 0 Å². The molecule has 0 spiro atoms. The van der Waals surface area contributed by atoms with E-state index in [9.17, 15) is 9.59 Å². The number of aliphatic carboxylic acids is 1. The Balaban J connectivity index is 4.29. The molecule has 0 aliphatic heterocycles. The fourth-order valence-corrected chi connectivity index (χ4v) is 1.19. The Labute approximate surface area is 90.0 Å². The topological polar surface area (TPSA) is 92.4 Å². The van der Waals surface area contributed by atoms with Crippen LogP contribution in [-0.2, 0) is 9.59 Å². The molecule has 0 aromatic rings. The highest BCUT2D eigenvalue weighted by Gasteiger charge is 2.25. The molecule has 0 rings (SSSR count). The summed E-state index contributed by atoms with van der Waals surface area (Å²) in [6.45, 7) is 5.68. The lowest BCUT2D eigenvalue weighted by atomic mass is 10.0. The van der Waals surface area contributed by atoms with Gasteiger partial charge in [-0.1, -0.05) is 20.8 Å². The zero-order valence-electron chi connectivity index (χ0n) is 9.49. The maximum atomic E-state index is 11.5. The van der Waals surface area contributed by atoms with Gasteiger partial charge < -0.3 is 16.2 Å². The number of carbonyl (C=O) groups excluding carboxylic acids is 1. The second kappa shape index (κ2) is 6.40. The minimum Gasteiger partial charge on any atom is -0.480 e.